The molecule has 0 fully saturated rings. The van der Waals surface area contributed by atoms with E-state index in [9.17, 15) is 10.3 Å². The fraction of sp³-hybridized carbons (Fsp3) is 0.222. The van der Waals surface area contributed by atoms with Gasteiger partial charge in [-0.3, -0.25) is 4.40 Å². The van der Waals surface area contributed by atoms with E-state index >= 15 is 0 Å². The molecule has 2 unspecified atom stereocenters. The molecule has 0 amide bonds. The topological polar surface area (TPSA) is 85.3 Å². The second-order valence-corrected chi connectivity index (χ2v) is 4.49. The van der Waals surface area contributed by atoms with Crippen molar-refractivity contribution in [2.24, 2.45) is 0 Å². The van der Waals surface area contributed by atoms with Crippen LogP contribution in [0.3, 0.4) is 0 Å². The molecule has 2 atom stereocenters. The Kier molecular flexibility index (Phi) is 3.40. The number of hydrogen-bond donors (Lipinski definition) is 3. The van der Waals surface area contributed by atoms with Gasteiger partial charge in [-0.2, -0.15) is 0 Å². The molecule has 16 heavy (non-hydrogen) atoms. The quantitative estimate of drug-likeness (QED) is 0.533. The Bertz CT molecular complexity index is 500. The Labute approximate surface area is 105 Å². The van der Waals surface area contributed by atoms with Gasteiger partial charge in [-0.15, -0.1) is 0 Å². The predicted octanol–water partition coefficient (Wildman–Crippen LogP) is -0.256. The number of rotatable bonds is 3. The van der Waals surface area contributed by atoms with Crippen LogP contribution in [0.2, 0.25) is 0 Å². The Hall–Kier alpha value is -0.740. The third-order valence-electron chi connectivity index (χ3n) is 2.24. The number of pyridine rings is 1. The second-order valence-electron chi connectivity index (χ2n) is 3.38. The van der Waals surface area contributed by atoms with Gasteiger partial charge in [0.05, 0.1) is 6.20 Å². The summed E-state index contributed by atoms with van der Waals surface area (Å²) in [7, 11) is 0. The minimum absolute atomic E-state index is 0.298. The number of hydroxylamine groups is 2. The average molecular weight is 335 g/mol. The SMILES string of the molecule is [O-][NH+](O)CC(O)c1ccn2c(I)cnc2c1. The smallest absolute Gasteiger partial charge is 0.137 e. The highest BCUT2D eigenvalue weighted by Gasteiger charge is 2.12. The van der Waals surface area contributed by atoms with Crippen molar-refractivity contribution in [2.45, 2.75) is 6.10 Å². The molecule has 2 rings (SSSR count). The molecule has 6 nitrogen and oxygen atoms in total. The molecule has 7 heteroatoms. The van der Waals surface area contributed by atoms with E-state index in [4.69, 9.17) is 5.21 Å². The van der Waals surface area contributed by atoms with Crippen molar-refractivity contribution in [1.29, 1.82) is 0 Å². The Balaban J connectivity index is 2.32. The molecule has 0 aromatic carbocycles. The van der Waals surface area contributed by atoms with E-state index in [-0.39, 0.29) is 6.54 Å². The lowest BCUT2D eigenvalue weighted by Gasteiger charge is -2.16. The van der Waals surface area contributed by atoms with Gasteiger partial charge in [-0.25, -0.2) is 15.4 Å². The van der Waals surface area contributed by atoms with Gasteiger partial charge < -0.3 is 10.3 Å². The first-order valence-electron chi connectivity index (χ1n) is 4.60. The third-order valence-corrected chi connectivity index (χ3v) is 3.04. The van der Waals surface area contributed by atoms with Gasteiger partial charge in [0.15, 0.2) is 0 Å². The van der Waals surface area contributed by atoms with Crippen LogP contribution in [0.5, 0.6) is 0 Å². The van der Waals surface area contributed by atoms with Gasteiger partial charge in [0, 0.05) is 6.20 Å². The molecule has 0 saturated heterocycles. The lowest BCUT2D eigenvalue weighted by molar-refractivity contribution is -1.05. The van der Waals surface area contributed by atoms with Crippen LogP contribution in [0, 0.1) is 8.91 Å². The van der Waals surface area contributed by atoms with E-state index in [1.54, 1.807) is 24.5 Å². The van der Waals surface area contributed by atoms with Crippen molar-refractivity contribution in [3.8, 4) is 0 Å². The van der Waals surface area contributed by atoms with E-state index in [0.717, 1.165) is 3.70 Å². The average Bonchev–Trinajstić information content (AvgIpc) is 2.59. The van der Waals surface area contributed by atoms with Crippen LogP contribution < -0.4 is 5.23 Å². The van der Waals surface area contributed by atoms with Crippen LogP contribution in [0.1, 0.15) is 11.7 Å². The number of nitrogens with one attached hydrogen (secondary N) is 1. The fourth-order valence-corrected chi connectivity index (χ4v) is 2.00. The highest BCUT2D eigenvalue weighted by atomic mass is 127. The monoisotopic (exact) mass is 335 g/mol. The number of fused-ring (bicyclic) bond motifs is 1. The minimum atomic E-state index is -1.02. The summed E-state index contributed by atoms with van der Waals surface area (Å²) in [6.45, 7) is -0.298. The Morgan fingerprint density at radius 2 is 2.38 bits per heavy atom. The number of imidazole rings is 1. The molecule has 0 saturated carbocycles. The van der Waals surface area contributed by atoms with Crippen LogP contribution in [0.15, 0.2) is 24.5 Å². The maximum absolute atomic E-state index is 10.5. The summed E-state index contributed by atoms with van der Waals surface area (Å²) in [6, 6.07) is 3.39. The molecule has 0 radical (unpaired) electrons. The summed E-state index contributed by atoms with van der Waals surface area (Å²) >= 11 is 2.15. The highest BCUT2D eigenvalue weighted by molar-refractivity contribution is 14.1. The van der Waals surface area contributed by atoms with E-state index in [0.29, 0.717) is 11.2 Å². The van der Waals surface area contributed by atoms with Gasteiger partial charge in [0.2, 0.25) is 0 Å². The minimum Gasteiger partial charge on any atom is -0.600 e. The summed E-state index contributed by atoms with van der Waals surface area (Å²) in [5.41, 5.74) is 1.27. The Morgan fingerprint density at radius 1 is 1.62 bits per heavy atom. The van der Waals surface area contributed by atoms with Gasteiger partial charge >= 0.3 is 0 Å². The van der Waals surface area contributed by atoms with Gasteiger partial charge in [-0.05, 0) is 40.3 Å². The molecular formula is C9H10IN3O3. The van der Waals surface area contributed by atoms with Crippen LogP contribution in [0.25, 0.3) is 5.65 Å². The zero-order valence-electron chi connectivity index (χ0n) is 8.17. The molecule has 0 aliphatic heterocycles. The van der Waals surface area contributed by atoms with E-state index in [1.807, 2.05) is 4.40 Å². The van der Waals surface area contributed by atoms with Gasteiger partial charge in [0.25, 0.3) is 0 Å². The lowest BCUT2D eigenvalue weighted by Crippen LogP contribution is -3.05. The highest BCUT2D eigenvalue weighted by Crippen LogP contribution is 2.15. The number of quaternary nitrogens is 1. The normalized spacial score (nSPS) is 15.2. The first kappa shape index (κ1) is 11.7. The maximum Gasteiger partial charge on any atom is 0.137 e. The van der Waals surface area contributed by atoms with Crippen molar-refractivity contribution in [3.05, 3.63) is 39.0 Å². The van der Waals surface area contributed by atoms with Gasteiger partial charge in [-0.1, -0.05) is 0 Å². The van der Waals surface area contributed by atoms with Crippen molar-refractivity contribution >= 4 is 28.2 Å². The number of hydrogen-bond acceptors (Lipinski definition) is 4. The van der Waals surface area contributed by atoms with Crippen molar-refractivity contribution in [1.82, 2.24) is 9.38 Å². The summed E-state index contributed by atoms with van der Waals surface area (Å²) in [5, 5.41) is 27.7. The molecule has 2 aromatic rings. The molecule has 0 aliphatic rings. The summed E-state index contributed by atoms with van der Waals surface area (Å²) < 4.78 is 2.82. The van der Waals surface area contributed by atoms with E-state index in [2.05, 4.69) is 27.6 Å². The van der Waals surface area contributed by atoms with Crippen LogP contribution >= 0.6 is 22.6 Å². The number of halogens is 1. The molecule has 0 aliphatic carbocycles. The summed E-state index contributed by atoms with van der Waals surface area (Å²) in [5.74, 6) is 0. The zero-order valence-corrected chi connectivity index (χ0v) is 10.3. The fourth-order valence-electron chi connectivity index (χ4n) is 1.46. The van der Waals surface area contributed by atoms with Crippen LogP contribution in [0.4, 0.5) is 0 Å². The van der Waals surface area contributed by atoms with E-state index in [1.165, 1.54) is 0 Å². The Morgan fingerprint density at radius 3 is 3.06 bits per heavy atom. The zero-order chi connectivity index (χ0) is 11.7. The summed E-state index contributed by atoms with van der Waals surface area (Å²) in [4.78, 5) is 4.14. The standard InChI is InChI=1S/C9H10IN3O3/c10-8-4-11-9-3-6(1-2-12(8)9)7(14)5-13(15)16/h1-4,7,13-15H,5H2. The predicted molar refractivity (Wildman–Crippen MR) is 63.9 cm³/mol. The summed E-state index contributed by atoms with van der Waals surface area (Å²) in [6.07, 6.45) is 2.49. The molecule has 3 N–H and O–H groups in total. The number of nitrogens with zero attached hydrogens (tertiary/aromatic N) is 2. The molecule has 0 spiro atoms. The van der Waals surface area contributed by atoms with Crippen molar-refractivity contribution < 1.29 is 15.5 Å². The van der Waals surface area contributed by atoms with Crippen LogP contribution in [-0.2, 0) is 0 Å². The first-order valence-corrected chi connectivity index (χ1v) is 5.68. The lowest BCUT2D eigenvalue weighted by atomic mass is 10.1. The first-order chi connectivity index (χ1) is 7.58. The molecular weight excluding hydrogens is 325 g/mol. The number of aliphatic hydroxyl groups excluding tert-OH is 1. The maximum atomic E-state index is 10.5. The number of aliphatic hydroxyl groups is 1. The number of aromatic nitrogens is 2. The van der Waals surface area contributed by atoms with Gasteiger partial charge in [0.1, 0.15) is 22.0 Å². The molecule has 2 aromatic heterocycles. The molecule has 0 bridgehead atoms. The molecule has 2 heterocycles. The van der Waals surface area contributed by atoms with Crippen LogP contribution in [-0.4, -0.2) is 26.2 Å². The largest absolute Gasteiger partial charge is 0.600 e. The third kappa shape index (κ3) is 2.33. The van der Waals surface area contributed by atoms with Crippen molar-refractivity contribution in [3.63, 3.8) is 0 Å². The molecule has 86 valence electrons. The van der Waals surface area contributed by atoms with E-state index < -0.39 is 11.3 Å². The second kappa shape index (κ2) is 4.63. The van der Waals surface area contributed by atoms with Crippen molar-refractivity contribution in [2.75, 3.05) is 6.54 Å².